The molecule has 0 bridgehead atoms. The molecule has 6 heteroatoms. The van der Waals surface area contributed by atoms with Crippen molar-refractivity contribution in [3.05, 3.63) is 29.8 Å². The van der Waals surface area contributed by atoms with Gasteiger partial charge in [0.25, 0.3) is 0 Å². The molecule has 142 valence electrons. The number of hydrogen-bond acceptors (Lipinski definition) is 3. The molecule has 0 amide bonds. The van der Waals surface area contributed by atoms with Crippen molar-refractivity contribution in [2.45, 2.75) is 39.2 Å². The van der Waals surface area contributed by atoms with Gasteiger partial charge in [0.2, 0.25) is 0 Å². The van der Waals surface area contributed by atoms with Gasteiger partial charge in [-0.1, -0.05) is 19.1 Å². The Morgan fingerprint density at radius 3 is 2.64 bits per heavy atom. The van der Waals surface area contributed by atoms with Crippen LogP contribution in [-0.4, -0.2) is 56.7 Å². The fourth-order valence-corrected chi connectivity index (χ4v) is 3.17. The van der Waals surface area contributed by atoms with Crippen molar-refractivity contribution in [1.29, 1.82) is 0 Å². The zero-order valence-corrected chi connectivity index (χ0v) is 18.1. The van der Waals surface area contributed by atoms with Crippen LogP contribution in [0.2, 0.25) is 0 Å². The summed E-state index contributed by atoms with van der Waals surface area (Å²) in [5.41, 5.74) is 1.30. The third kappa shape index (κ3) is 7.40. The Morgan fingerprint density at radius 2 is 2.00 bits per heavy atom. The van der Waals surface area contributed by atoms with E-state index in [0.29, 0.717) is 6.04 Å². The number of nitrogens with zero attached hydrogens (tertiary/aromatic N) is 2. The van der Waals surface area contributed by atoms with E-state index in [-0.39, 0.29) is 24.0 Å². The lowest BCUT2D eigenvalue weighted by Gasteiger charge is -2.21. The fourth-order valence-electron chi connectivity index (χ4n) is 3.17. The molecule has 1 saturated heterocycles. The number of benzene rings is 1. The highest BCUT2D eigenvalue weighted by Crippen LogP contribution is 2.16. The number of rotatable bonds is 8. The number of halogens is 1. The molecule has 0 radical (unpaired) electrons. The van der Waals surface area contributed by atoms with Gasteiger partial charge in [0.15, 0.2) is 5.96 Å². The number of methoxy groups -OCH3 is 1. The Hall–Kier alpha value is -1.02. The maximum Gasteiger partial charge on any atom is 0.191 e. The lowest BCUT2D eigenvalue weighted by Crippen LogP contribution is -2.40. The standard InChI is InChI=1S/C19H32N4O.HI/c1-4-20-19(22-15-17-7-6-14-23(17)5-2)21-13-12-16-8-10-18(24-3)11-9-16;/h8-11,17H,4-7,12-15H2,1-3H3,(H2,20,21,22);1H. The largest absolute Gasteiger partial charge is 0.497 e. The molecule has 1 atom stereocenters. The molecule has 0 aromatic heterocycles. The summed E-state index contributed by atoms with van der Waals surface area (Å²) in [4.78, 5) is 7.32. The van der Waals surface area contributed by atoms with Crippen LogP contribution >= 0.6 is 24.0 Å². The van der Waals surface area contributed by atoms with Gasteiger partial charge in [0, 0.05) is 19.1 Å². The Balaban J connectivity index is 0.00000312. The summed E-state index contributed by atoms with van der Waals surface area (Å²) >= 11 is 0. The molecule has 0 aliphatic carbocycles. The molecule has 2 rings (SSSR count). The molecule has 2 N–H and O–H groups in total. The molecule has 1 aromatic rings. The molecule has 0 spiro atoms. The smallest absolute Gasteiger partial charge is 0.191 e. The summed E-state index contributed by atoms with van der Waals surface area (Å²) in [7, 11) is 1.69. The van der Waals surface area contributed by atoms with Crippen LogP contribution in [0.25, 0.3) is 0 Å². The number of aliphatic imine (C=N–C) groups is 1. The Kier molecular flexibility index (Phi) is 10.9. The van der Waals surface area contributed by atoms with E-state index in [1.807, 2.05) is 12.1 Å². The summed E-state index contributed by atoms with van der Waals surface area (Å²) < 4.78 is 5.19. The SMILES string of the molecule is CCNC(=NCC1CCCN1CC)NCCc1ccc(OC)cc1.I. The van der Waals surface area contributed by atoms with E-state index in [9.17, 15) is 0 Å². The molecule has 1 fully saturated rings. The summed E-state index contributed by atoms with van der Waals surface area (Å²) in [6.07, 6.45) is 3.54. The van der Waals surface area contributed by atoms with Gasteiger partial charge in [-0.25, -0.2) is 0 Å². The van der Waals surface area contributed by atoms with E-state index in [1.165, 1.54) is 24.9 Å². The van der Waals surface area contributed by atoms with Crippen LogP contribution in [0.5, 0.6) is 5.75 Å². The molecule has 25 heavy (non-hydrogen) atoms. The highest BCUT2D eigenvalue weighted by molar-refractivity contribution is 14.0. The molecule has 5 nitrogen and oxygen atoms in total. The Morgan fingerprint density at radius 1 is 1.24 bits per heavy atom. The fraction of sp³-hybridized carbons (Fsp3) is 0.632. The monoisotopic (exact) mass is 460 g/mol. The maximum atomic E-state index is 5.19. The highest BCUT2D eigenvalue weighted by atomic mass is 127. The molecule has 0 saturated carbocycles. The van der Waals surface area contributed by atoms with Crippen LogP contribution < -0.4 is 15.4 Å². The Labute approximate surface area is 169 Å². The summed E-state index contributed by atoms with van der Waals surface area (Å²) in [5.74, 6) is 1.83. The first-order valence-electron chi connectivity index (χ1n) is 9.16. The molecule has 1 aliphatic rings. The normalized spacial score (nSPS) is 17.9. The first kappa shape index (κ1) is 22.0. The van der Waals surface area contributed by atoms with E-state index in [0.717, 1.165) is 44.3 Å². The number of nitrogens with one attached hydrogen (secondary N) is 2. The average molecular weight is 460 g/mol. The first-order valence-corrected chi connectivity index (χ1v) is 9.16. The van der Waals surface area contributed by atoms with Gasteiger partial charge in [-0.05, 0) is 57.0 Å². The van der Waals surface area contributed by atoms with Crippen LogP contribution in [-0.2, 0) is 6.42 Å². The van der Waals surface area contributed by atoms with E-state index in [1.54, 1.807) is 7.11 Å². The van der Waals surface area contributed by atoms with E-state index < -0.39 is 0 Å². The van der Waals surface area contributed by atoms with Gasteiger partial charge in [0.1, 0.15) is 5.75 Å². The summed E-state index contributed by atoms with van der Waals surface area (Å²) in [6.45, 7) is 9.33. The second kappa shape index (κ2) is 12.4. The van der Waals surface area contributed by atoms with Crippen LogP contribution in [0.1, 0.15) is 32.3 Å². The van der Waals surface area contributed by atoms with E-state index in [2.05, 4.69) is 41.5 Å². The van der Waals surface area contributed by atoms with Gasteiger partial charge in [-0.2, -0.15) is 0 Å². The second-order valence-corrected chi connectivity index (χ2v) is 6.17. The third-order valence-corrected chi connectivity index (χ3v) is 4.57. The van der Waals surface area contributed by atoms with Crippen molar-refractivity contribution in [3.63, 3.8) is 0 Å². The van der Waals surface area contributed by atoms with Crippen LogP contribution in [0.15, 0.2) is 29.3 Å². The van der Waals surface area contributed by atoms with E-state index in [4.69, 9.17) is 9.73 Å². The number of likely N-dealkylation sites (tertiary alicyclic amines) is 1. The zero-order valence-electron chi connectivity index (χ0n) is 15.8. The van der Waals surface area contributed by atoms with Crippen LogP contribution in [0.3, 0.4) is 0 Å². The molecular weight excluding hydrogens is 427 g/mol. The summed E-state index contributed by atoms with van der Waals surface area (Å²) in [6, 6.07) is 8.85. The van der Waals surface area contributed by atoms with Gasteiger partial charge >= 0.3 is 0 Å². The van der Waals surface area contributed by atoms with Crippen molar-refractivity contribution in [2.24, 2.45) is 4.99 Å². The minimum absolute atomic E-state index is 0. The maximum absolute atomic E-state index is 5.19. The minimum Gasteiger partial charge on any atom is -0.497 e. The Bertz CT molecular complexity index is 507. The van der Waals surface area contributed by atoms with Crippen molar-refractivity contribution < 1.29 is 4.74 Å². The third-order valence-electron chi connectivity index (χ3n) is 4.57. The van der Waals surface area contributed by atoms with Crippen LogP contribution in [0, 0.1) is 0 Å². The number of hydrogen-bond donors (Lipinski definition) is 2. The van der Waals surface area contributed by atoms with Crippen molar-refractivity contribution in [2.75, 3.05) is 39.8 Å². The molecular formula is C19H33IN4O. The number of guanidine groups is 1. The van der Waals surface area contributed by atoms with Gasteiger partial charge in [-0.15, -0.1) is 24.0 Å². The van der Waals surface area contributed by atoms with Crippen molar-refractivity contribution in [3.8, 4) is 5.75 Å². The minimum atomic E-state index is 0. The lowest BCUT2D eigenvalue weighted by atomic mass is 10.1. The number of likely N-dealkylation sites (N-methyl/N-ethyl adjacent to an activating group) is 1. The quantitative estimate of drug-likeness (QED) is 0.356. The van der Waals surface area contributed by atoms with E-state index >= 15 is 0 Å². The molecule has 1 aliphatic heterocycles. The lowest BCUT2D eigenvalue weighted by molar-refractivity contribution is 0.273. The van der Waals surface area contributed by atoms with Gasteiger partial charge in [0.05, 0.1) is 13.7 Å². The highest BCUT2D eigenvalue weighted by Gasteiger charge is 2.22. The zero-order chi connectivity index (χ0) is 17.2. The molecule has 1 unspecified atom stereocenters. The van der Waals surface area contributed by atoms with Crippen LogP contribution in [0.4, 0.5) is 0 Å². The van der Waals surface area contributed by atoms with Gasteiger partial charge < -0.3 is 15.4 Å². The second-order valence-electron chi connectivity index (χ2n) is 6.17. The topological polar surface area (TPSA) is 48.9 Å². The predicted octanol–water partition coefficient (Wildman–Crippen LogP) is 2.90. The van der Waals surface area contributed by atoms with Gasteiger partial charge in [-0.3, -0.25) is 9.89 Å². The number of ether oxygens (including phenoxy) is 1. The van der Waals surface area contributed by atoms with Crippen molar-refractivity contribution in [1.82, 2.24) is 15.5 Å². The summed E-state index contributed by atoms with van der Waals surface area (Å²) in [5, 5.41) is 6.79. The molecule has 1 aromatic carbocycles. The average Bonchev–Trinajstić information content (AvgIpc) is 3.08. The van der Waals surface area contributed by atoms with Crippen molar-refractivity contribution >= 4 is 29.9 Å². The first-order chi connectivity index (χ1) is 11.8. The molecule has 1 heterocycles. The predicted molar refractivity (Wildman–Crippen MR) is 116 cm³/mol.